The first kappa shape index (κ1) is 20.1. The van der Waals surface area contributed by atoms with Crippen LogP contribution in [0.25, 0.3) is 0 Å². The SMILES string of the molecule is O=C(CN1CCC(N2CCCCC2=O)CC1)Nc1ccc(N2CCCCC2)nc1. The Morgan fingerprint density at radius 3 is 2.45 bits per heavy atom. The highest BCUT2D eigenvalue weighted by Gasteiger charge is 2.29. The van der Waals surface area contributed by atoms with E-state index in [1.807, 2.05) is 12.1 Å². The van der Waals surface area contributed by atoms with Gasteiger partial charge in [-0.25, -0.2) is 4.98 Å². The van der Waals surface area contributed by atoms with Crippen molar-refractivity contribution in [1.29, 1.82) is 0 Å². The van der Waals surface area contributed by atoms with Crippen LogP contribution in [0.1, 0.15) is 51.4 Å². The van der Waals surface area contributed by atoms with Gasteiger partial charge in [0.1, 0.15) is 5.82 Å². The number of carbonyl (C=O) groups excluding carboxylic acids is 2. The topological polar surface area (TPSA) is 68.8 Å². The summed E-state index contributed by atoms with van der Waals surface area (Å²) < 4.78 is 0. The Labute approximate surface area is 173 Å². The molecule has 3 fully saturated rings. The van der Waals surface area contributed by atoms with Gasteiger partial charge in [0.15, 0.2) is 0 Å². The molecule has 158 valence electrons. The largest absolute Gasteiger partial charge is 0.357 e. The molecule has 1 N–H and O–H groups in total. The van der Waals surface area contributed by atoms with Gasteiger partial charge in [-0.2, -0.15) is 0 Å². The molecule has 0 atom stereocenters. The highest BCUT2D eigenvalue weighted by molar-refractivity contribution is 5.92. The summed E-state index contributed by atoms with van der Waals surface area (Å²) in [7, 11) is 0. The van der Waals surface area contributed by atoms with Crippen LogP contribution in [0.2, 0.25) is 0 Å². The molecule has 0 radical (unpaired) electrons. The second-order valence-electron chi connectivity index (χ2n) is 8.55. The van der Waals surface area contributed by atoms with Crippen molar-refractivity contribution in [2.24, 2.45) is 0 Å². The first-order chi connectivity index (χ1) is 14.2. The van der Waals surface area contributed by atoms with E-state index in [2.05, 4.69) is 25.0 Å². The number of rotatable bonds is 5. The van der Waals surface area contributed by atoms with Crippen molar-refractivity contribution in [1.82, 2.24) is 14.8 Å². The molecular formula is C22H33N5O2. The molecule has 0 bridgehead atoms. The van der Waals surface area contributed by atoms with Crippen LogP contribution in [-0.2, 0) is 9.59 Å². The first-order valence-corrected chi connectivity index (χ1v) is 11.2. The lowest BCUT2D eigenvalue weighted by Gasteiger charge is -2.40. The standard InChI is InChI=1S/C22H33N5O2/c28-21(24-18-7-8-20(23-16-18)26-11-3-1-4-12-26)17-25-14-9-19(10-15-25)27-13-5-2-6-22(27)29/h7-8,16,19H,1-6,9-15,17H2,(H,24,28). The third kappa shape index (κ3) is 5.26. The number of pyridine rings is 1. The predicted molar refractivity (Wildman–Crippen MR) is 114 cm³/mol. The zero-order valence-corrected chi connectivity index (χ0v) is 17.3. The number of hydrogen-bond donors (Lipinski definition) is 1. The Bertz CT molecular complexity index is 694. The van der Waals surface area contributed by atoms with Gasteiger partial charge >= 0.3 is 0 Å². The normalized spacial score (nSPS) is 22.0. The van der Waals surface area contributed by atoms with E-state index < -0.39 is 0 Å². The van der Waals surface area contributed by atoms with Crippen molar-refractivity contribution in [3.05, 3.63) is 18.3 Å². The number of likely N-dealkylation sites (tertiary alicyclic amines) is 2. The Hall–Kier alpha value is -2.15. The summed E-state index contributed by atoms with van der Waals surface area (Å²) >= 11 is 0. The van der Waals surface area contributed by atoms with Crippen LogP contribution in [0, 0.1) is 0 Å². The molecule has 0 unspecified atom stereocenters. The average Bonchev–Trinajstić information content (AvgIpc) is 2.76. The molecule has 1 aromatic rings. The van der Waals surface area contributed by atoms with Crippen molar-refractivity contribution in [3.8, 4) is 0 Å². The molecule has 7 heteroatoms. The molecule has 1 aromatic heterocycles. The lowest BCUT2D eigenvalue weighted by Crippen LogP contribution is -2.50. The summed E-state index contributed by atoms with van der Waals surface area (Å²) in [4.78, 5) is 35.7. The van der Waals surface area contributed by atoms with Crippen LogP contribution in [0.3, 0.4) is 0 Å². The number of anilines is 2. The summed E-state index contributed by atoms with van der Waals surface area (Å²) in [5.74, 6) is 1.31. The maximum Gasteiger partial charge on any atom is 0.238 e. The predicted octanol–water partition coefficient (Wildman–Crippen LogP) is 2.49. The van der Waals surface area contributed by atoms with Gasteiger partial charge in [0.05, 0.1) is 18.4 Å². The van der Waals surface area contributed by atoms with E-state index in [0.717, 1.165) is 69.9 Å². The quantitative estimate of drug-likeness (QED) is 0.824. The molecule has 0 aliphatic carbocycles. The number of hydrogen-bond acceptors (Lipinski definition) is 5. The fourth-order valence-corrected chi connectivity index (χ4v) is 4.78. The lowest BCUT2D eigenvalue weighted by molar-refractivity contribution is -0.137. The highest BCUT2D eigenvalue weighted by atomic mass is 16.2. The summed E-state index contributed by atoms with van der Waals surface area (Å²) in [6.07, 6.45) is 10.3. The Morgan fingerprint density at radius 1 is 1.00 bits per heavy atom. The number of piperidine rings is 3. The van der Waals surface area contributed by atoms with Gasteiger partial charge in [0, 0.05) is 45.2 Å². The van der Waals surface area contributed by atoms with E-state index in [4.69, 9.17) is 0 Å². The van der Waals surface area contributed by atoms with Gasteiger partial charge < -0.3 is 15.1 Å². The minimum atomic E-state index is 0.00465. The monoisotopic (exact) mass is 399 g/mol. The number of aromatic nitrogens is 1. The zero-order valence-electron chi connectivity index (χ0n) is 17.3. The molecule has 4 rings (SSSR count). The third-order valence-electron chi connectivity index (χ3n) is 6.44. The number of nitrogens with one attached hydrogen (secondary N) is 1. The minimum absolute atomic E-state index is 0.00465. The Balaban J connectivity index is 1.21. The molecule has 2 amide bonds. The molecule has 0 spiro atoms. The summed E-state index contributed by atoms with van der Waals surface area (Å²) in [6, 6.07) is 4.30. The highest BCUT2D eigenvalue weighted by Crippen LogP contribution is 2.22. The maximum absolute atomic E-state index is 12.4. The van der Waals surface area contributed by atoms with Crippen molar-refractivity contribution in [2.75, 3.05) is 49.5 Å². The fraction of sp³-hybridized carbons (Fsp3) is 0.682. The van der Waals surface area contributed by atoms with E-state index in [1.165, 1.54) is 19.3 Å². The van der Waals surface area contributed by atoms with Gasteiger partial charge in [-0.15, -0.1) is 0 Å². The van der Waals surface area contributed by atoms with Crippen LogP contribution >= 0.6 is 0 Å². The molecule has 3 saturated heterocycles. The van der Waals surface area contributed by atoms with Crippen molar-refractivity contribution in [3.63, 3.8) is 0 Å². The van der Waals surface area contributed by atoms with Gasteiger partial charge in [-0.1, -0.05) is 0 Å². The van der Waals surface area contributed by atoms with E-state index in [9.17, 15) is 9.59 Å². The van der Waals surface area contributed by atoms with Crippen molar-refractivity contribution >= 4 is 23.3 Å². The van der Waals surface area contributed by atoms with Gasteiger partial charge in [-0.05, 0) is 57.1 Å². The molecule has 0 saturated carbocycles. The number of nitrogens with zero attached hydrogens (tertiary/aromatic N) is 4. The average molecular weight is 400 g/mol. The lowest BCUT2D eigenvalue weighted by atomic mass is 9.99. The van der Waals surface area contributed by atoms with Gasteiger partial charge in [0.2, 0.25) is 11.8 Å². The van der Waals surface area contributed by atoms with Crippen LogP contribution in [0.5, 0.6) is 0 Å². The van der Waals surface area contributed by atoms with Gasteiger partial charge in [0.25, 0.3) is 0 Å². The molecule has 0 aromatic carbocycles. The number of amides is 2. The summed E-state index contributed by atoms with van der Waals surface area (Å²) in [6.45, 7) is 5.18. The van der Waals surface area contributed by atoms with Crippen LogP contribution < -0.4 is 10.2 Å². The second kappa shape index (κ2) is 9.57. The zero-order chi connectivity index (χ0) is 20.1. The van der Waals surface area contributed by atoms with E-state index in [1.54, 1.807) is 6.20 Å². The third-order valence-corrected chi connectivity index (χ3v) is 6.44. The molecular weight excluding hydrogens is 366 g/mol. The smallest absolute Gasteiger partial charge is 0.238 e. The van der Waals surface area contributed by atoms with Crippen LogP contribution in [-0.4, -0.2) is 71.9 Å². The maximum atomic E-state index is 12.4. The second-order valence-corrected chi connectivity index (χ2v) is 8.55. The molecule has 3 aliphatic rings. The fourth-order valence-electron chi connectivity index (χ4n) is 4.78. The van der Waals surface area contributed by atoms with Crippen molar-refractivity contribution in [2.45, 2.75) is 57.4 Å². The van der Waals surface area contributed by atoms with Gasteiger partial charge in [-0.3, -0.25) is 14.5 Å². The summed E-state index contributed by atoms with van der Waals surface area (Å²) in [5, 5.41) is 2.97. The van der Waals surface area contributed by atoms with Crippen molar-refractivity contribution < 1.29 is 9.59 Å². The van der Waals surface area contributed by atoms with Crippen LogP contribution in [0.4, 0.5) is 11.5 Å². The Kier molecular flexibility index (Phi) is 6.64. The molecule has 3 aliphatic heterocycles. The molecule has 7 nitrogen and oxygen atoms in total. The van der Waals surface area contributed by atoms with E-state index >= 15 is 0 Å². The van der Waals surface area contributed by atoms with E-state index in [-0.39, 0.29) is 5.91 Å². The minimum Gasteiger partial charge on any atom is -0.357 e. The molecule has 4 heterocycles. The summed E-state index contributed by atoms with van der Waals surface area (Å²) in [5.41, 5.74) is 0.754. The van der Waals surface area contributed by atoms with Crippen LogP contribution in [0.15, 0.2) is 18.3 Å². The first-order valence-electron chi connectivity index (χ1n) is 11.2. The van der Waals surface area contributed by atoms with E-state index in [0.29, 0.717) is 24.9 Å². The number of carbonyl (C=O) groups is 2. The Morgan fingerprint density at radius 2 is 1.76 bits per heavy atom. The molecule has 29 heavy (non-hydrogen) atoms.